The second-order valence-electron chi connectivity index (χ2n) is 18.0. The lowest BCUT2D eigenvalue weighted by atomic mass is 9.79. The molecule has 0 aliphatic carbocycles. The molecule has 0 aromatic heterocycles. The molecule has 0 radical (unpaired) electrons. The van der Waals surface area contributed by atoms with Crippen molar-refractivity contribution in [1.29, 1.82) is 0 Å². The lowest BCUT2D eigenvalue weighted by molar-refractivity contribution is -0.293. The maximum Gasteiger partial charge on any atom is 0.263 e. The summed E-state index contributed by atoms with van der Waals surface area (Å²) in [4.78, 5) is 0. The Balaban J connectivity index is 1.33. The van der Waals surface area contributed by atoms with Gasteiger partial charge in [-0.05, 0) is 88.8 Å². The van der Waals surface area contributed by atoms with Crippen molar-refractivity contribution in [2.24, 2.45) is 0 Å². The second-order valence-corrected chi connectivity index (χ2v) is 22.7. The molecular formula is C66H56O6P2. The summed E-state index contributed by atoms with van der Waals surface area (Å²) < 4.78 is 65.3. The first-order chi connectivity index (χ1) is 36.3. The quantitative estimate of drug-likeness (QED) is 0.0430. The highest BCUT2D eigenvalue weighted by Crippen LogP contribution is 2.57. The average molecular weight is 1010 g/mol. The Kier molecular flexibility index (Phi) is 15.1. The van der Waals surface area contributed by atoms with E-state index in [9.17, 15) is 0 Å². The van der Waals surface area contributed by atoms with Crippen LogP contribution in [-0.4, -0.2) is 18.5 Å². The van der Waals surface area contributed by atoms with E-state index in [0.717, 1.165) is 33.4 Å². The topological polar surface area (TPSA) is 71.1 Å². The molecule has 366 valence electrons. The van der Waals surface area contributed by atoms with Gasteiger partial charge in [0.1, 0.15) is 23.9 Å². The first-order valence-corrected chi connectivity index (χ1v) is 28.0. The first kappa shape index (κ1) is 50.1. The third kappa shape index (κ3) is 9.85. The van der Waals surface area contributed by atoms with E-state index in [4.69, 9.17) is 18.5 Å². The van der Waals surface area contributed by atoms with Crippen molar-refractivity contribution < 1.29 is 27.7 Å². The smallest absolute Gasteiger partial charge is 0.263 e. The fourth-order valence-electron chi connectivity index (χ4n) is 9.82. The third-order valence-electron chi connectivity index (χ3n) is 13.5. The Hall–Kier alpha value is -7.50. The van der Waals surface area contributed by atoms with E-state index >= 15 is 9.13 Å². The van der Waals surface area contributed by atoms with Crippen molar-refractivity contribution in [3.05, 3.63) is 337 Å². The molecule has 0 heterocycles. The molecule has 10 aromatic carbocycles. The summed E-state index contributed by atoms with van der Waals surface area (Å²) >= 11 is 0. The van der Waals surface area contributed by atoms with Gasteiger partial charge in [-0.2, -0.15) is 0 Å². The SMILES string of the molecule is C[C@@H](OP(=O)(c1ccccc1)c1ccccc1)[C@](COC(c1ccccc1)(c1ccccc1)c1ccccc1)(OC(c1ccccc1)(c1ccccc1)c1ccccc1)OP(=O)(c1ccccc1)c1ccccc1. The van der Waals surface area contributed by atoms with Gasteiger partial charge in [0.2, 0.25) is 5.79 Å². The van der Waals surface area contributed by atoms with E-state index in [2.05, 4.69) is 0 Å². The highest BCUT2D eigenvalue weighted by Gasteiger charge is 2.57. The Morgan fingerprint density at radius 1 is 0.324 bits per heavy atom. The lowest BCUT2D eigenvalue weighted by Crippen LogP contribution is -2.58. The molecule has 0 fully saturated rings. The largest absolute Gasteiger partial charge is 0.355 e. The third-order valence-corrected chi connectivity index (χ3v) is 18.6. The fourth-order valence-corrected chi connectivity index (χ4v) is 14.4. The van der Waals surface area contributed by atoms with Gasteiger partial charge in [0.25, 0.3) is 14.7 Å². The molecule has 10 aromatic rings. The predicted molar refractivity (Wildman–Crippen MR) is 299 cm³/mol. The molecule has 6 nitrogen and oxygen atoms in total. The van der Waals surface area contributed by atoms with Crippen LogP contribution in [0.4, 0.5) is 0 Å². The molecule has 0 saturated carbocycles. The van der Waals surface area contributed by atoms with Gasteiger partial charge in [-0.3, -0.25) is 13.7 Å². The molecule has 0 N–H and O–H groups in total. The van der Waals surface area contributed by atoms with Crippen LogP contribution in [0.2, 0.25) is 0 Å². The number of hydrogen-bond donors (Lipinski definition) is 0. The first-order valence-electron chi connectivity index (χ1n) is 24.8. The predicted octanol–water partition coefficient (Wildman–Crippen LogP) is 14.0. The van der Waals surface area contributed by atoms with E-state index in [1.807, 2.05) is 303 Å². The highest BCUT2D eigenvalue weighted by molar-refractivity contribution is 7.74. The van der Waals surface area contributed by atoms with Gasteiger partial charge in [-0.25, -0.2) is 0 Å². The Morgan fingerprint density at radius 2 is 0.554 bits per heavy atom. The fraction of sp³-hybridized carbons (Fsp3) is 0.0909. The molecule has 0 amide bonds. The number of benzene rings is 10. The van der Waals surface area contributed by atoms with Crippen LogP contribution in [-0.2, 0) is 38.9 Å². The van der Waals surface area contributed by atoms with E-state index in [1.165, 1.54) is 0 Å². The van der Waals surface area contributed by atoms with Crippen molar-refractivity contribution in [1.82, 2.24) is 0 Å². The summed E-state index contributed by atoms with van der Waals surface area (Å²) in [6.07, 6.45) is -1.36. The average Bonchev–Trinajstić information content (AvgIpc) is 3.49. The molecule has 2 atom stereocenters. The van der Waals surface area contributed by atoms with E-state index < -0.39 is 44.4 Å². The van der Waals surface area contributed by atoms with Crippen LogP contribution in [0, 0.1) is 0 Å². The molecule has 74 heavy (non-hydrogen) atoms. The Morgan fingerprint density at radius 3 is 0.824 bits per heavy atom. The molecule has 0 aliphatic heterocycles. The van der Waals surface area contributed by atoms with Gasteiger partial charge in [-0.15, -0.1) is 0 Å². The molecule has 0 unspecified atom stereocenters. The summed E-state index contributed by atoms with van der Waals surface area (Å²) in [5.41, 5.74) is 1.74. The van der Waals surface area contributed by atoms with Crippen LogP contribution < -0.4 is 21.2 Å². The van der Waals surface area contributed by atoms with Gasteiger partial charge in [0, 0.05) is 21.2 Å². The van der Waals surface area contributed by atoms with Crippen molar-refractivity contribution in [2.75, 3.05) is 6.61 Å². The van der Waals surface area contributed by atoms with Crippen molar-refractivity contribution >= 4 is 36.0 Å². The van der Waals surface area contributed by atoms with Gasteiger partial charge in [0.15, 0.2) is 0 Å². The summed E-state index contributed by atoms with van der Waals surface area (Å²) in [6.45, 7) is 1.34. The van der Waals surface area contributed by atoms with E-state index in [0.29, 0.717) is 21.2 Å². The van der Waals surface area contributed by atoms with E-state index in [1.54, 1.807) is 6.92 Å². The Bertz CT molecular complexity index is 3130. The number of rotatable bonds is 20. The standard InChI is InChI=1S/C66H56O6P2/c1-53(70-73(67,60-44-24-8-25-45-60)61-46-26-9-27-47-61)64(72-74(68,62-48-28-10-29-49-62)63-50-30-11-31-51-63,71-66(57-38-18-5-19-39-57,58-40-20-6-21-41-58)59-42-22-7-23-43-59)52-69-65(54-32-12-2-13-33-54,55-34-14-3-15-35-55)56-36-16-4-17-37-56/h2-51,53H,52H2,1H3/t53-,64-/m1/s1. The van der Waals surface area contributed by atoms with Crippen LogP contribution in [0.15, 0.2) is 303 Å². The van der Waals surface area contributed by atoms with Gasteiger partial charge in [-0.1, -0.05) is 255 Å². The summed E-state index contributed by atoms with van der Waals surface area (Å²) in [5.74, 6) is -2.27. The van der Waals surface area contributed by atoms with Crippen molar-refractivity contribution in [2.45, 2.75) is 30.0 Å². The zero-order valence-corrected chi connectivity index (χ0v) is 42.8. The zero-order valence-electron chi connectivity index (χ0n) is 41.0. The van der Waals surface area contributed by atoms with Crippen LogP contribution in [0.3, 0.4) is 0 Å². The minimum atomic E-state index is -4.34. The summed E-state index contributed by atoms with van der Waals surface area (Å²) in [7, 11) is -8.45. The maximum absolute atomic E-state index is 17.2. The van der Waals surface area contributed by atoms with Crippen LogP contribution in [0.5, 0.6) is 0 Å². The molecule has 10 rings (SSSR count). The van der Waals surface area contributed by atoms with Crippen LogP contribution >= 0.6 is 14.7 Å². The monoisotopic (exact) mass is 1010 g/mol. The normalized spacial score (nSPS) is 13.4. The molecule has 0 spiro atoms. The molecule has 0 bridgehead atoms. The number of hydrogen-bond acceptors (Lipinski definition) is 6. The van der Waals surface area contributed by atoms with Crippen LogP contribution in [0.25, 0.3) is 0 Å². The van der Waals surface area contributed by atoms with E-state index in [-0.39, 0.29) is 0 Å². The molecule has 0 saturated heterocycles. The molecule has 0 aliphatic rings. The lowest BCUT2D eigenvalue weighted by Gasteiger charge is -2.49. The van der Waals surface area contributed by atoms with Gasteiger partial charge in [0.05, 0.1) is 0 Å². The highest BCUT2D eigenvalue weighted by atomic mass is 31.2. The Labute approximate surface area is 434 Å². The van der Waals surface area contributed by atoms with Crippen LogP contribution in [0.1, 0.15) is 40.3 Å². The molecular weight excluding hydrogens is 951 g/mol. The minimum Gasteiger partial charge on any atom is -0.355 e. The van der Waals surface area contributed by atoms with Gasteiger partial charge < -0.3 is 14.0 Å². The summed E-state index contributed by atoms with van der Waals surface area (Å²) in [6, 6.07) is 96.8. The van der Waals surface area contributed by atoms with Crippen molar-refractivity contribution in [3.8, 4) is 0 Å². The zero-order chi connectivity index (χ0) is 50.7. The number of ether oxygens (including phenoxy) is 2. The second kappa shape index (κ2) is 22.3. The van der Waals surface area contributed by atoms with Crippen molar-refractivity contribution in [3.63, 3.8) is 0 Å². The van der Waals surface area contributed by atoms with Gasteiger partial charge >= 0.3 is 0 Å². The molecule has 8 heteroatoms. The minimum absolute atomic E-state index is 0.408. The summed E-state index contributed by atoms with van der Waals surface area (Å²) in [5, 5.41) is 1.72. The maximum atomic E-state index is 17.2.